The van der Waals surface area contributed by atoms with Gasteiger partial charge in [-0.2, -0.15) is 0 Å². The minimum atomic E-state index is -0.417. The van der Waals surface area contributed by atoms with Crippen molar-refractivity contribution in [3.63, 3.8) is 0 Å². The van der Waals surface area contributed by atoms with Crippen LogP contribution in [0.4, 0.5) is 0 Å². The number of fused-ring (bicyclic) bond motifs is 1. The molecule has 2 aliphatic heterocycles. The Labute approximate surface area is 117 Å². The summed E-state index contributed by atoms with van der Waals surface area (Å²) in [5.41, 5.74) is -0.417. The second-order valence-electron chi connectivity index (χ2n) is 7.34. The molecule has 1 aliphatic carbocycles. The van der Waals surface area contributed by atoms with Crippen molar-refractivity contribution in [1.82, 2.24) is 10.2 Å². The van der Waals surface area contributed by atoms with Crippen LogP contribution >= 0.6 is 0 Å². The van der Waals surface area contributed by atoms with Crippen LogP contribution in [0.1, 0.15) is 58.3 Å². The monoisotopic (exact) mass is 266 g/mol. The molecule has 2 heterocycles. The second-order valence-corrected chi connectivity index (χ2v) is 7.34. The first-order valence-electron chi connectivity index (χ1n) is 8.34. The Morgan fingerprint density at radius 2 is 1.95 bits per heavy atom. The number of rotatable bonds is 3. The molecule has 3 nitrogen and oxygen atoms in total. The highest BCUT2D eigenvalue weighted by molar-refractivity contribution is 4.92. The van der Waals surface area contributed by atoms with Gasteiger partial charge in [-0.05, 0) is 70.4 Å². The Balaban J connectivity index is 1.44. The molecule has 3 aliphatic rings. The fraction of sp³-hybridized carbons (Fsp3) is 1.00. The number of piperidine rings is 1. The lowest BCUT2D eigenvalue weighted by Gasteiger charge is -2.39. The van der Waals surface area contributed by atoms with E-state index in [1.807, 2.05) is 0 Å². The summed E-state index contributed by atoms with van der Waals surface area (Å²) in [7, 11) is 0. The summed E-state index contributed by atoms with van der Waals surface area (Å²) in [5, 5.41) is 14.3. The third-order valence-electron chi connectivity index (χ3n) is 5.75. The Morgan fingerprint density at radius 1 is 1.16 bits per heavy atom. The van der Waals surface area contributed by atoms with Crippen LogP contribution in [-0.4, -0.2) is 47.3 Å². The zero-order chi connectivity index (χ0) is 13.3. The van der Waals surface area contributed by atoms with Gasteiger partial charge in [-0.1, -0.05) is 6.92 Å². The van der Waals surface area contributed by atoms with Gasteiger partial charge >= 0.3 is 0 Å². The quantitative estimate of drug-likeness (QED) is 0.821. The normalized spacial score (nSPS) is 44.2. The summed E-state index contributed by atoms with van der Waals surface area (Å²) in [6, 6.07) is 1.47. The molecule has 0 radical (unpaired) electrons. The van der Waals surface area contributed by atoms with Crippen molar-refractivity contribution in [3.05, 3.63) is 0 Å². The van der Waals surface area contributed by atoms with Crippen molar-refractivity contribution < 1.29 is 5.11 Å². The van der Waals surface area contributed by atoms with Gasteiger partial charge in [0.2, 0.25) is 0 Å². The minimum Gasteiger partial charge on any atom is -0.389 e. The molecule has 2 saturated heterocycles. The first kappa shape index (κ1) is 13.8. The Morgan fingerprint density at radius 3 is 2.74 bits per heavy atom. The van der Waals surface area contributed by atoms with Gasteiger partial charge in [-0.15, -0.1) is 0 Å². The van der Waals surface area contributed by atoms with Crippen molar-refractivity contribution >= 4 is 0 Å². The molecule has 3 fully saturated rings. The molecule has 0 aromatic rings. The molecule has 1 saturated carbocycles. The third kappa shape index (κ3) is 3.32. The summed E-state index contributed by atoms with van der Waals surface area (Å²) < 4.78 is 0. The summed E-state index contributed by atoms with van der Waals surface area (Å²) in [6.45, 7) is 5.71. The zero-order valence-electron chi connectivity index (χ0n) is 12.4. The Hall–Kier alpha value is -0.120. The van der Waals surface area contributed by atoms with Gasteiger partial charge in [0.1, 0.15) is 0 Å². The van der Waals surface area contributed by atoms with E-state index in [0.717, 1.165) is 31.3 Å². The van der Waals surface area contributed by atoms with Gasteiger partial charge in [-0.3, -0.25) is 0 Å². The lowest BCUT2D eigenvalue weighted by Crippen LogP contribution is -2.51. The van der Waals surface area contributed by atoms with Crippen LogP contribution in [0.25, 0.3) is 0 Å². The van der Waals surface area contributed by atoms with E-state index < -0.39 is 5.60 Å². The maximum absolute atomic E-state index is 10.6. The highest BCUT2D eigenvalue weighted by Crippen LogP contribution is 2.32. The molecule has 2 atom stereocenters. The third-order valence-corrected chi connectivity index (χ3v) is 5.75. The van der Waals surface area contributed by atoms with Crippen LogP contribution in [0.15, 0.2) is 0 Å². The number of nitrogens with one attached hydrogen (secondary N) is 1. The molecule has 0 aromatic heterocycles. The largest absolute Gasteiger partial charge is 0.389 e. The van der Waals surface area contributed by atoms with Crippen LogP contribution in [0.3, 0.4) is 0 Å². The topological polar surface area (TPSA) is 35.5 Å². The number of hydrogen-bond donors (Lipinski definition) is 2. The summed E-state index contributed by atoms with van der Waals surface area (Å²) in [5.74, 6) is 0.807. The molecular formula is C16H30N2O. The van der Waals surface area contributed by atoms with E-state index in [0.29, 0.717) is 6.04 Å². The molecule has 19 heavy (non-hydrogen) atoms. The number of nitrogens with zero attached hydrogens (tertiary/aromatic N) is 1. The van der Waals surface area contributed by atoms with Crippen molar-refractivity contribution in [2.75, 3.05) is 19.6 Å². The van der Waals surface area contributed by atoms with Crippen LogP contribution in [0, 0.1) is 5.92 Å². The van der Waals surface area contributed by atoms with E-state index in [1.54, 1.807) is 0 Å². The molecule has 3 rings (SSSR count). The molecule has 2 unspecified atom stereocenters. The van der Waals surface area contributed by atoms with E-state index in [1.165, 1.54) is 51.6 Å². The highest BCUT2D eigenvalue weighted by atomic mass is 16.3. The predicted octanol–water partition coefficient (Wildman–Crippen LogP) is 2.14. The first-order chi connectivity index (χ1) is 9.15. The molecule has 0 amide bonds. The van der Waals surface area contributed by atoms with Gasteiger partial charge in [0, 0.05) is 18.6 Å². The Bertz CT molecular complexity index is 299. The second kappa shape index (κ2) is 5.71. The van der Waals surface area contributed by atoms with Crippen molar-refractivity contribution in [2.24, 2.45) is 5.92 Å². The van der Waals surface area contributed by atoms with Crippen LogP contribution in [0.5, 0.6) is 0 Å². The summed E-state index contributed by atoms with van der Waals surface area (Å²) in [6.07, 6.45) is 9.71. The highest BCUT2D eigenvalue weighted by Gasteiger charge is 2.35. The van der Waals surface area contributed by atoms with E-state index in [-0.39, 0.29) is 0 Å². The van der Waals surface area contributed by atoms with Gasteiger partial charge in [0.15, 0.2) is 0 Å². The molecule has 110 valence electrons. The Kier molecular flexibility index (Phi) is 4.16. The molecule has 0 bridgehead atoms. The molecular weight excluding hydrogens is 236 g/mol. The van der Waals surface area contributed by atoms with Crippen LogP contribution in [0.2, 0.25) is 0 Å². The van der Waals surface area contributed by atoms with Crippen molar-refractivity contribution in [3.8, 4) is 0 Å². The van der Waals surface area contributed by atoms with E-state index in [4.69, 9.17) is 0 Å². The maximum Gasteiger partial charge on any atom is 0.0771 e. The average Bonchev–Trinajstić information content (AvgIpc) is 2.88. The number of aliphatic hydroxyl groups is 1. The average molecular weight is 266 g/mol. The van der Waals surface area contributed by atoms with Crippen molar-refractivity contribution in [1.29, 1.82) is 0 Å². The predicted molar refractivity (Wildman–Crippen MR) is 78.2 cm³/mol. The lowest BCUT2D eigenvalue weighted by molar-refractivity contribution is -0.0104. The lowest BCUT2D eigenvalue weighted by atomic mass is 9.79. The molecule has 0 aromatic carbocycles. The smallest absolute Gasteiger partial charge is 0.0771 e. The van der Waals surface area contributed by atoms with Gasteiger partial charge in [0.05, 0.1) is 5.60 Å². The standard InChI is InChI=1S/C16H30N2O/c1-13-4-7-16(19,8-5-13)12-17-14-6-10-18-9-2-3-15(18)11-14/h13-15,17,19H,2-12H2,1H3. The van der Waals surface area contributed by atoms with Crippen LogP contribution in [-0.2, 0) is 0 Å². The van der Waals surface area contributed by atoms with Crippen molar-refractivity contribution in [2.45, 2.75) is 76.0 Å². The van der Waals surface area contributed by atoms with Gasteiger partial charge < -0.3 is 15.3 Å². The summed E-state index contributed by atoms with van der Waals surface area (Å²) >= 11 is 0. The SMILES string of the molecule is CC1CCC(O)(CNC2CCN3CCCC3C2)CC1. The number of hydrogen-bond acceptors (Lipinski definition) is 3. The summed E-state index contributed by atoms with van der Waals surface area (Å²) in [4.78, 5) is 2.66. The molecule has 3 heteroatoms. The minimum absolute atomic E-state index is 0.417. The fourth-order valence-electron chi connectivity index (χ4n) is 4.22. The van der Waals surface area contributed by atoms with E-state index >= 15 is 0 Å². The van der Waals surface area contributed by atoms with Gasteiger partial charge in [0.25, 0.3) is 0 Å². The molecule has 2 N–H and O–H groups in total. The van der Waals surface area contributed by atoms with E-state index in [2.05, 4.69) is 17.1 Å². The van der Waals surface area contributed by atoms with E-state index in [9.17, 15) is 5.11 Å². The van der Waals surface area contributed by atoms with Crippen LogP contribution < -0.4 is 5.32 Å². The molecule has 0 spiro atoms. The zero-order valence-corrected chi connectivity index (χ0v) is 12.4. The van der Waals surface area contributed by atoms with Gasteiger partial charge in [-0.25, -0.2) is 0 Å². The fourth-order valence-corrected chi connectivity index (χ4v) is 4.22. The maximum atomic E-state index is 10.6. The first-order valence-corrected chi connectivity index (χ1v) is 8.34.